The highest BCUT2D eigenvalue weighted by Gasteiger charge is 2.27. The molecule has 0 radical (unpaired) electrons. The highest BCUT2D eigenvalue weighted by Crippen LogP contribution is 2.19. The molecule has 1 atom stereocenters. The standard InChI is InChI=1S/C11H19N5O2S/c1-15-4-3-9(7-15)8-16(2)19(17,18)10-5-13-11(12)14-6-10/h5-6,9H,3-4,7-8H2,1-2H3,(H2,12,13,14). The first-order valence-corrected chi connectivity index (χ1v) is 7.56. The summed E-state index contributed by atoms with van der Waals surface area (Å²) >= 11 is 0. The van der Waals surface area contributed by atoms with Gasteiger partial charge in [0.15, 0.2) is 0 Å². The highest BCUT2D eigenvalue weighted by molar-refractivity contribution is 7.89. The molecule has 0 aromatic carbocycles. The summed E-state index contributed by atoms with van der Waals surface area (Å²) in [5, 5.41) is 0. The van der Waals surface area contributed by atoms with Crippen LogP contribution in [0.4, 0.5) is 5.95 Å². The molecule has 8 heteroatoms. The number of rotatable bonds is 4. The summed E-state index contributed by atoms with van der Waals surface area (Å²) in [6, 6.07) is 0. The second-order valence-electron chi connectivity index (χ2n) is 4.98. The fraction of sp³-hybridized carbons (Fsp3) is 0.636. The highest BCUT2D eigenvalue weighted by atomic mass is 32.2. The Morgan fingerprint density at radius 1 is 1.47 bits per heavy atom. The molecule has 0 aliphatic carbocycles. The van der Waals surface area contributed by atoms with Crippen LogP contribution in [0.1, 0.15) is 6.42 Å². The predicted octanol–water partition coefficient (Wildman–Crippen LogP) is -0.369. The van der Waals surface area contributed by atoms with E-state index in [4.69, 9.17) is 5.73 Å². The van der Waals surface area contributed by atoms with E-state index in [1.54, 1.807) is 7.05 Å². The minimum absolute atomic E-state index is 0.0685. The largest absolute Gasteiger partial charge is 0.368 e. The number of anilines is 1. The molecule has 2 N–H and O–H groups in total. The average Bonchev–Trinajstić information content (AvgIpc) is 2.75. The predicted molar refractivity (Wildman–Crippen MR) is 71.9 cm³/mol. The van der Waals surface area contributed by atoms with E-state index in [-0.39, 0.29) is 10.8 Å². The van der Waals surface area contributed by atoms with E-state index in [0.717, 1.165) is 19.5 Å². The van der Waals surface area contributed by atoms with E-state index in [1.807, 2.05) is 7.05 Å². The fourth-order valence-electron chi connectivity index (χ4n) is 2.28. The molecule has 1 aromatic rings. The quantitative estimate of drug-likeness (QED) is 0.811. The SMILES string of the molecule is CN1CCC(CN(C)S(=O)(=O)c2cnc(N)nc2)C1. The summed E-state index contributed by atoms with van der Waals surface area (Å²) in [6.07, 6.45) is 3.51. The van der Waals surface area contributed by atoms with Crippen molar-refractivity contribution in [2.24, 2.45) is 5.92 Å². The van der Waals surface area contributed by atoms with Crippen LogP contribution in [-0.2, 0) is 10.0 Å². The van der Waals surface area contributed by atoms with Crippen molar-refractivity contribution in [2.45, 2.75) is 11.3 Å². The molecule has 1 saturated heterocycles. The molecule has 1 aliphatic heterocycles. The maximum absolute atomic E-state index is 12.3. The van der Waals surface area contributed by atoms with Crippen molar-refractivity contribution < 1.29 is 8.42 Å². The lowest BCUT2D eigenvalue weighted by molar-refractivity contribution is 0.356. The van der Waals surface area contributed by atoms with Crippen molar-refractivity contribution >= 4 is 16.0 Å². The Hall–Kier alpha value is -1.25. The molecule has 0 bridgehead atoms. The van der Waals surface area contributed by atoms with E-state index in [0.29, 0.717) is 12.5 Å². The molecule has 0 spiro atoms. The van der Waals surface area contributed by atoms with Crippen LogP contribution in [0, 0.1) is 5.92 Å². The van der Waals surface area contributed by atoms with Gasteiger partial charge in [0.1, 0.15) is 4.90 Å². The average molecular weight is 285 g/mol. The van der Waals surface area contributed by atoms with Gasteiger partial charge in [0.05, 0.1) is 12.4 Å². The van der Waals surface area contributed by atoms with Crippen molar-refractivity contribution in [3.63, 3.8) is 0 Å². The van der Waals surface area contributed by atoms with Gasteiger partial charge in [0.25, 0.3) is 0 Å². The van der Waals surface area contributed by atoms with E-state index in [9.17, 15) is 8.42 Å². The summed E-state index contributed by atoms with van der Waals surface area (Å²) in [5.41, 5.74) is 5.36. The maximum atomic E-state index is 12.3. The Labute approximate surface area is 113 Å². The lowest BCUT2D eigenvalue weighted by Gasteiger charge is -2.20. The Balaban J connectivity index is 2.08. The van der Waals surface area contributed by atoms with Crippen molar-refractivity contribution in [3.8, 4) is 0 Å². The second-order valence-corrected chi connectivity index (χ2v) is 7.02. The van der Waals surface area contributed by atoms with Gasteiger partial charge in [-0.15, -0.1) is 0 Å². The zero-order chi connectivity index (χ0) is 14.0. The Kier molecular flexibility index (Phi) is 4.02. The lowest BCUT2D eigenvalue weighted by Crippen LogP contribution is -2.33. The lowest BCUT2D eigenvalue weighted by atomic mass is 10.1. The normalized spacial score (nSPS) is 21.1. The number of nitrogens with zero attached hydrogens (tertiary/aromatic N) is 4. The third-order valence-electron chi connectivity index (χ3n) is 3.36. The van der Waals surface area contributed by atoms with Crippen LogP contribution in [-0.4, -0.2) is 61.3 Å². The van der Waals surface area contributed by atoms with Crippen LogP contribution in [0.5, 0.6) is 0 Å². The molecular formula is C11H19N5O2S. The third kappa shape index (κ3) is 3.20. The topological polar surface area (TPSA) is 92.4 Å². The molecule has 106 valence electrons. The number of hydrogen-bond donors (Lipinski definition) is 1. The van der Waals surface area contributed by atoms with Gasteiger partial charge < -0.3 is 10.6 Å². The molecule has 0 saturated carbocycles. The molecule has 2 heterocycles. The first-order valence-electron chi connectivity index (χ1n) is 6.12. The van der Waals surface area contributed by atoms with Gasteiger partial charge in [-0.05, 0) is 25.9 Å². The summed E-state index contributed by atoms with van der Waals surface area (Å²) in [5.74, 6) is 0.443. The van der Waals surface area contributed by atoms with Crippen molar-refractivity contribution in [3.05, 3.63) is 12.4 Å². The number of likely N-dealkylation sites (tertiary alicyclic amines) is 1. The van der Waals surface area contributed by atoms with Crippen LogP contribution in [0.15, 0.2) is 17.3 Å². The van der Waals surface area contributed by atoms with E-state index < -0.39 is 10.0 Å². The molecule has 1 fully saturated rings. The van der Waals surface area contributed by atoms with Crippen LogP contribution in [0.25, 0.3) is 0 Å². The monoisotopic (exact) mass is 285 g/mol. The Bertz CT molecular complexity index is 531. The Morgan fingerprint density at radius 2 is 2.11 bits per heavy atom. The zero-order valence-corrected chi connectivity index (χ0v) is 12.0. The molecule has 1 aliphatic rings. The van der Waals surface area contributed by atoms with E-state index in [1.165, 1.54) is 16.7 Å². The van der Waals surface area contributed by atoms with Gasteiger partial charge in [-0.25, -0.2) is 22.7 Å². The molecule has 1 unspecified atom stereocenters. The smallest absolute Gasteiger partial charge is 0.245 e. The second kappa shape index (κ2) is 5.40. The van der Waals surface area contributed by atoms with Gasteiger partial charge >= 0.3 is 0 Å². The van der Waals surface area contributed by atoms with Gasteiger partial charge in [-0.3, -0.25) is 0 Å². The summed E-state index contributed by atoms with van der Waals surface area (Å²) in [4.78, 5) is 9.73. The number of aromatic nitrogens is 2. The van der Waals surface area contributed by atoms with Crippen LogP contribution in [0.2, 0.25) is 0 Å². The van der Waals surface area contributed by atoms with Gasteiger partial charge in [0, 0.05) is 20.1 Å². The van der Waals surface area contributed by atoms with Crippen molar-refractivity contribution in [1.82, 2.24) is 19.2 Å². The van der Waals surface area contributed by atoms with Gasteiger partial charge in [-0.2, -0.15) is 0 Å². The third-order valence-corrected chi connectivity index (χ3v) is 5.14. The molecule has 0 amide bonds. The first kappa shape index (κ1) is 14.2. The minimum Gasteiger partial charge on any atom is -0.368 e. The summed E-state index contributed by atoms with van der Waals surface area (Å²) in [6.45, 7) is 2.46. The molecule has 7 nitrogen and oxygen atoms in total. The molecule has 1 aromatic heterocycles. The van der Waals surface area contributed by atoms with E-state index >= 15 is 0 Å². The fourth-order valence-corrected chi connectivity index (χ4v) is 3.42. The molecular weight excluding hydrogens is 266 g/mol. The van der Waals surface area contributed by atoms with Crippen molar-refractivity contribution in [1.29, 1.82) is 0 Å². The minimum atomic E-state index is -3.53. The Morgan fingerprint density at radius 3 is 2.63 bits per heavy atom. The number of nitrogens with two attached hydrogens (primary N) is 1. The van der Waals surface area contributed by atoms with E-state index in [2.05, 4.69) is 14.9 Å². The summed E-state index contributed by atoms with van der Waals surface area (Å²) < 4.78 is 26.0. The van der Waals surface area contributed by atoms with Crippen LogP contribution >= 0.6 is 0 Å². The zero-order valence-electron chi connectivity index (χ0n) is 11.2. The number of sulfonamides is 1. The number of hydrogen-bond acceptors (Lipinski definition) is 6. The van der Waals surface area contributed by atoms with Crippen LogP contribution in [0.3, 0.4) is 0 Å². The first-order chi connectivity index (χ1) is 8.89. The maximum Gasteiger partial charge on any atom is 0.245 e. The number of nitrogen functional groups attached to an aromatic ring is 1. The molecule has 19 heavy (non-hydrogen) atoms. The summed E-state index contributed by atoms with van der Waals surface area (Å²) in [7, 11) is 0.105. The molecule has 2 rings (SSSR count). The van der Waals surface area contributed by atoms with Gasteiger partial charge in [0.2, 0.25) is 16.0 Å². The van der Waals surface area contributed by atoms with Crippen molar-refractivity contribution in [2.75, 3.05) is 39.5 Å². The van der Waals surface area contributed by atoms with Gasteiger partial charge in [-0.1, -0.05) is 0 Å². The van der Waals surface area contributed by atoms with Crippen LogP contribution < -0.4 is 5.73 Å².